The summed E-state index contributed by atoms with van der Waals surface area (Å²) in [6.07, 6.45) is 2.97. The van der Waals surface area contributed by atoms with Gasteiger partial charge >= 0.3 is 5.97 Å². The van der Waals surface area contributed by atoms with Crippen LogP contribution in [0.25, 0.3) is 0 Å². The van der Waals surface area contributed by atoms with Crippen molar-refractivity contribution in [1.82, 2.24) is 0 Å². The Morgan fingerprint density at radius 3 is 2.67 bits per heavy atom. The van der Waals surface area contributed by atoms with Crippen molar-refractivity contribution in [3.63, 3.8) is 0 Å². The van der Waals surface area contributed by atoms with Crippen molar-refractivity contribution in [3.05, 3.63) is 0 Å². The molecular formula is C11H16O4. The van der Waals surface area contributed by atoms with E-state index in [0.717, 1.165) is 19.3 Å². The van der Waals surface area contributed by atoms with Crippen LogP contribution in [0.4, 0.5) is 0 Å². The summed E-state index contributed by atoms with van der Waals surface area (Å²) in [4.78, 5) is 11.6. The number of fused-ring (bicyclic) bond motifs is 3. The molecule has 0 unspecified atom stereocenters. The predicted octanol–water partition coefficient (Wildman–Crippen LogP) is 0.949. The fraction of sp³-hybridized carbons (Fsp3) is 0.909. The minimum absolute atomic E-state index is 0.00755. The van der Waals surface area contributed by atoms with Crippen molar-refractivity contribution in [1.29, 1.82) is 0 Å². The Balaban J connectivity index is 1.83. The van der Waals surface area contributed by atoms with Crippen molar-refractivity contribution in [2.75, 3.05) is 20.3 Å². The highest BCUT2D eigenvalue weighted by Crippen LogP contribution is 2.57. The molecule has 4 heteroatoms. The molecule has 15 heavy (non-hydrogen) atoms. The quantitative estimate of drug-likeness (QED) is 0.607. The maximum atomic E-state index is 11.6. The molecule has 4 nitrogen and oxygen atoms in total. The van der Waals surface area contributed by atoms with Crippen molar-refractivity contribution < 1.29 is 19.0 Å². The zero-order chi connectivity index (χ0) is 10.5. The second-order valence-electron chi connectivity index (χ2n) is 4.79. The molecular weight excluding hydrogens is 196 g/mol. The maximum Gasteiger partial charge on any atom is 0.309 e. The van der Waals surface area contributed by atoms with E-state index in [1.165, 1.54) is 7.11 Å². The summed E-state index contributed by atoms with van der Waals surface area (Å²) in [6, 6.07) is 0. The second kappa shape index (κ2) is 3.19. The molecule has 0 aromatic rings. The Hall–Kier alpha value is -0.610. The van der Waals surface area contributed by atoms with E-state index in [0.29, 0.717) is 19.1 Å². The van der Waals surface area contributed by atoms with Crippen LogP contribution in [0, 0.1) is 17.8 Å². The van der Waals surface area contributed by atoms with Gasteiger partial charge in [0.15, 0.2) is 5.79 Å². The van der Waals surface area contributed by atoms with Gasteiger partial charge in [-0.3, -0.25) is 4.79 Å². The molecule has 0 N–H and O–H groups in total. The van der Waals surface area contributed by atoms with Crippen LogP contribution in [-0.2, 0) is 19.0 Å². The van der Waals surface area contributed by atoms with Gasteiger partial charge < -0.3 is 14.2 Å². The second-order valence-corrected chi connectivity index (χ2v) is 4.79. The third-order valence-corrected chi connectivity index (χ3v) is 4.08. The smallest absolute Gasteiger partial charge is 0.309 e. The topological polar surface area (TPSA) is 44.8 Å². The van der Waals surface area contributed by atoms with E-state index >= 15 is 0 Å². The monoisotopic (exact) mass is 212 g/mol. The van der Waals surface area contributed by atoms with Crippen molar-refractivity contribution in [2.45, 2.75) is 25.0 Å². The van der Waals surface area contributed by atoms with E-state index in [1.807, 2.05) is 0 Å². The molecule has 3 fully saturated rings. The van der Waals surface area contributed by atoms with Crippen LogP contribution in [0.1, 0.15) is 19.3 Å². The van der Waals surface area contributed by atoms with E-state index in [-0.39, 0.29) is 17.8 Å². The minimum atomic E-state index is -0.443. The van der Waals surface area contributed by atoms with E-state index in [1.54, 1.807) is 0 Å². The molecule has 2 saturated carbocycles. The Labute approximate surface area is 88.9 Å². The van der Waals surface area contributed by atoms with E-state index in [4.69, 9.17) is 14.2 Å². The number of ether oxygens (including phenoxy) is 3. The number of hydrogen-bond donors (Lipinski definition) is 0. The highest BCUT2D eigenvalue weighted by atomic mass is 16.7. The van der Waals surface area contributed by atoms with Gasteiger partial charge in [-0.1, -0.05) is 0 Å². The Morgan fingerprint density at radius 2 is 2.07 bits per heavy atom. The van der Waals surface area contributed by atoms with Gasteiger partial charge in [0.1, 0.15) is 0 Å². The highest BCUT2D eigenvalue weighted by molar-refractivity contribution is 5.73. The van der Waals surface area contributed by atoms with Gasteiger partial charge in [0.05, 0.1) is 26.2 Å². The van der Waals surface area contributed by atoms with Crippen molar-refractivity contribution in [2.24, 2.45) is 17.8 Å². The van der Waals surface area contributed by atoms with Crippen LogP contribution in [-0.4, -0.2) is 32.1 Å². The molecule has 1 heterocycles. The van der Waals surface area contributed by atoms with E-state index < -0.39 is 5.79 Å². The first-order valence-electron chi connectivity index (χ1n) is 5.61. The predicted molar refractivity (Wildman–Crippen MR) is 51.0 cm³/mol. The molecule has 0 radical (unpaired) electrons. The Kier molecular flexibility index (Phi) is 2.04. The average molecular weight is 212 g/mol. The number of carbonyl (C=O) groups excluding carboxylic acids is 1. The fourth-order valence-electron chi connectivity index (χ4n) is 3.56. The van der Waals surface area contributed by atoms with Crippen LogP contribution < -0.4 is 0 Å². The van der Waals surface area contributed by atoms with Gasteiger partial charge in [-0.05, 0) is 18.8 Å². The van der Waals surface area contributed by atoms with E-state index in [2.05, 4.69) is 0 Å². The van der Waals surface area contributed by atoms with Gasteiger partial charge in [-0.2, -0.15) is 0 Å². The van der Waals surface area contributed by atoms with Crippen molar-refractivity contribution in [3.8, 4) is 0 Å². The van der Waals surface area contributed by atoms with Crippen LogP contribution in [0.3, 0.4) is 0 Å². The average Bonchev–Trinajstić information content (AvgIpc) is 2.92. The zero-order valence-electron chi connectivity index (χ0n) is 8.90. The first kappa shape index (κ1) is 9.60. The molecule has 3 atom stereocenters. The summed E-state index contributed by atoms with van der Waals surface area (Å²) in [5.74, 6) is 0.254. The molecule has 0 aromatic carbocycles. The highest BCUT2D eigenvalue weighted by Gasteiger charge is 2.61. The fourth-order valence-corrected chi connectivity index (χ4v) is 3.56. The lowest BCUT2D eigenvalue weighted by molar-refractivity contribution is -0.207. The molecule has 0 aromatic heterocycles. The lowest BCUT2D eigenvalue weighted by Gasteiger charge is -2.35. The van der Waals surface area contributed by atoms with E-state index in [9.17, 15) is 4.79 Å². The SMILES string of the molecule is COC(=O)[C@@H]1C[C@@H]2C[C@H]1C1(C2)OCCO1. The van der Waals surface area contributed by atoms with Gasteiger partial charge in [0, 0.05) is 12.3 Å². The number of methoxy groups -OCH3 is 1. The summed E-state index contributed by atoms with van der Waals surface area (Å²) in [5.41, 5.74) is 0. The van der Waals surface area contributed by atoms with Gasteiger partial charge in [0.2, 0.25) is 0 Å². The number of carbonyl (C=O) groups is 1. The van der Waals surface area contributed by atoms with Crippen LogP contribution >= 0.6 is 0 Å². The van der Waals surface area contributed by atoms with Gasteiger partial charge in [-0.15, -0.1) is 0 Å². The first-order chi connectivity index (χ1) is 7.25. The molecule has 3 rings (SSSR count). The summed E-state index contributed by atoms with van der Waals surface area (Å²) in [7, 11) is 1.46. The molecule has 1 spiro atoms. The third kappa shape index (κ3) is 1.24. The molecule has 2 bridgehead atoms. The standard InChI is InChI=1S/C11H16O4/c1-13-10(12)8-4-7-5-9(8)11(6-7)14-2-3-15-11/h7-9H,2-6H2,1H3/t7-,8-,9-/m1/s1. The molecule has 0 amide bonds. The van der Waals surface area contributed by atoms with Gasteiger partial charge in [0.25, 0.3) is 0 Å². The summed E-state index contributed by atoms with van der Waals surface area (Å²) < 4.78 is 16.3. The van der Waals surface area contributed by atoms with Crippen LogP contribution in [0.2, 0.25) is 0 Å². The zero-order valence-corrected chi connectivity index (χ0v) is 8.90. The number of hydrogen-bond acceptors (Lipinski definition) is 4. The Bertz CT molecular complexity index is 282. The largest absolute Gasteiger partial charge is 0.469 e. The molecule has 84 valence electrons. The molecule has 1 aliphatic heterocycles. The Morgan fingerprint density at radius 1 is 1.33 bits per heavy atom. The number of esters is 1. The molecule has 3 aliphatic rings. The first-order valence-corrected chi connectivity index (χ1v) is 5.61. The van der Waals surface area contributed by atoms with Crippen LogP contribution in [0.15, 0.2) is 0 Å². The lowest BCUT2D eigenvalue weighted by Crippen LogP contribution is -2.43. The third-order valence-electron chi connectivity index (χ3n) is 4.08. The summed E-state index contributed by atoms with van der Waals surface area (Å²) in [5, 5.41) is 0. The summed E-state index contributed by atoms with van der Waals surface area (Å²) in [6.45, 7) is 1.33. The summed E-state index contributed by atoms with van der Waals surface area (Å²) >= 11 is 0. The maximum absolute atomic E-state index is 11.6. The van der Waals surface area contributed by atoms with Gasteiger partial charge in [-0.25, -0.2) is 0 Å². The molecule has 1 saturated heterocycles. The van der Waals surface area contributed by atoms with Crippen molar-refractivity contribution >= 4 is 5.97 Å². The normalized spacial score (nSPS) is 41.3. The van der Waals surface area contributed by atoms with Crippen LogP contribution in [0.5, 0.6) is 0 Å². The number of rotatable bonds is 1. The lowest BCUT2D eigenvalue weighted by atomic mass is 9.84. The minimum Gasteiger partial charge on any atom is -0.469 e. The molecule has 2 aliphatic carbocycles.